The van der Waals surface area contributed by atoms with Gasteiger partial charge in [-0.3, -0.25) is 10.2 Å². The molecule has 0 bridgehead atoms. The summed E-state index contributed by atoms with van der Waals surface area (Å²) in [6.45, 7) is 1.66. The van der Waals surface area contributed by atoms with E-state index in [4.69, 9.17) is 15.0 Å². The lowest BCUT2D eigenvalue weighted by Crippen LogP contribution is -2.34. The van der Waals surface area contributed by atoms with Crippen LogP contribution in [0.4, 0.5) is 0 Å². The number of benzene rings is 2. The Hall–Kier alpha value is -3.12. The van der Waals surface area contributed by atoms with Crippen molar-refractivity contribution in [1.82, 2.24) is 5.43 Å². The van der Waals surface area contributed by atoms with Gasteiger partial charge in [0.2, 0.25) is 0 Å². The van der Waals surface area contributed by atoms with E-state index in [1.54, 1.807) is 18.2 Å². The van der Waals surface area contributed by atoms with Crippen molar-refractivity contribution >= 4 is 16.9 Å². The van der Waals surface area contributed by atoms with Gasteiger partial charge in [-0.25, -0.2) is 10.6 Å². The lowest BCUT2D eigenvalue weighted by atomic mass is 10.00. The quantitative estimate of drug-likeness (QED) is 0.332. The van der Waals surface area contributed by atoms with Crippen molar-refractivity contribution in [2.45, 2.75) is 6.92 Å². The molecule has 0 saturated heterocycles. The fourth-order valence-electron chi connectivity index (χ4n) is 2.56. The van der Waals surface area contributed by atoms with Crippen molar-refractivity contribution in [1.29, 1.82) is 0 Å². The Morgan fingerprint density at radius 2 is 1.96 bits per heavy atom. The monoisotopic (exact) mass is 324 g/mol. The van der Waals surface area contributed by atoms with Gasteiger partial charge in [-0.15, -0.1) is 0 Å². The average Bonchev–Trinajstić information content (AvgIpc) is 2.60. The van der Waals surface area contributed by atoms with Crippen LogP contribution in [0.25, 0.3) is 22.1 Å². The lowest BCUT2D eigenvalue weighted by Gasteiger charge is -2.10. The third kappa shape index (κ3) is 3.00. The number of hydrazine groups is 1. The predicted octanol–water partition coefficient (Wildman–Crippen LogP) is 2.14. The second-order valence-electron chi connectivity index (χ2n) is 5.27. The van der Waals surface area contributed by atoms with E-state index in [1.807, 2.05) is 42.7 Å². The van der Waals surface area contributed by atoms with Crippen molar-refractivity contribution in [3.63, 3.8) is 0 Å². The van der Waals surface area contributed by atoms with Gasteiger partial charge >= 0.3 is 5.63 Å². The van der Waals surface area contributed by atoms with Gasteiger partial charge in [0.25, 0.3) is 5.91 Å². The van der Waals surface area contributed by atoms with Crippen LogP contribution in [0.2, 0.25) is 0 Å². The topological polar surface area (TPSA) is 94.6 Å². The van der Waals surface area contributed by atoms with E-state index >= 15 is 0 Å². The maximum atomic E-state index is 12.4. The highest BCUT2D eigenvalue weighted by Crippen LogP contribution is 2.28. The van der Waals surface area contributed by atoms with E-state index in [-0.39, 0.29) is 6.61 Å². The number of carbonyl (C=O) groups is 1. The van der Waals surface area contributed by atoms with Gasteiger partial charge in [-0.2, -0.15) is 0 Å². The summed E-state index contributed by atoms with van der Waals surface area (Å²) < 4.78 is 10.7. The molecule has 0 aliphatic heterocycles. The van der Waals surface area contributed by atoms with Gasteiger partial charge in [0.05, 0.1) is 5.56 Å². The number of rotatable bonds is 4. The van der Waals surface area contributed by atoms with Gasteiger partial charge in [-0.05, 0) is 30.2 Å². The number of hydrogen-bond acceptors (Lipinski definition) is 5. The Labute approximate surface area is 137 Å². The van der Waals surface area contributed by atoms with Crippen LogP contribution in [0.1, 0.15) is 5.56 Å². The Balaban J connectivity index is 2.05. The molecule has 3 aromatic rings. The molecule has 1 aromatic heterocycles. The summed E-state index contributed by atoms with van der Waals surface area (Å²) >= 11 is 0. The van der Waals surface area contributed by atoms with Crippen LogP contribution in [0.15, 0.2) is 57.7 Å². The van der Waals surface area contributed by atoms with E-state index in [9.17, 15) is 9.59 Å². The minimum atomic E-state index is -0.452. The van der Waals surface area contributed by atoms with Crippen LogP contribution >= 0.6 is 0 Å². The normalized spacial score (nSPS) is 10.6. The lowest BCUT2D eigenvalue weighted by molar-refractivity contribution is -0.123. The van der Waals surface area contributed by atoms with E-state index in [1.165, 1.54) is 0 Å². The van der Waals surface area contributed by atoms with Gasteiger partial charge in [0.15, 0.2) is 6.61 Å². The predicted molar refractivity (Wildman–Crippen MR) is 90.5 cm³/mol. The number of carbonyl (C=O) groups excluding carboxylic acids is 1. The van der Waals surface area contributed by atoms with Crippen LogP contribution in [0.5, 0.6) is 5.75 Å². The number of fused-ring (bicyclic) bond motifs is 1. The number of ether oxygens (including phenoxy) is 1. The first-order valence-corrected chi connectivity index (χ1v) is 7.35. The third-order valence-electron chi connectivity index (χ3n) is 3.73. The molecule has 0 atom stereocenters. The zero-order valence-corrected chi connectivity index (χ0v) is 13.0. The Morgan fingerprint density at radius 1 is 1.21 bits per heavy atom. The molecule has 2 aromatic carbocycles. The molecule has 0 saturated carbocycles. The smallest absolute Gasteiger partial charge is 0.344 e. The van der Waals surface area contributed by atoms with E-state index < -0.39 is 11.5 Å². The molecule has 24 heavy (non-hydrogen) atoms. The minimum Gasteiger partial charge on any atom is -0.484 e. The third-order valence-corrected chi connectivity index (χ3v) is 3.73. The highest BCUT2D eigenvalue weighted by Gasteiger charge is 2.13. The molecule has 3 rings (SSSR count). The summed E-state index contributed by atoms with van der Waals surface area (Å²) in [4.78, 5) is 23.5. The van der Waals surface area contributed by atoms with E-state index in [2.05, 4.69) is 0 Å². The first kappa shape index (κ1) is 15.8. The van der Waals surface area contributed by atoms with Gasteiger partial charge in [0.1, 0.15) is 11.3 Å². The molecule has 122 valence electrons. The van der Waals surface area contributed by atoms with Crippen LogP contribution in [0, 0.1) is 6.92 Å². The standard InChI is InChI=1S/C18H16N2O4/c1-11-14-8-7-13(23-10-16(21)20-19)9-15(14)24-18(22)17(11)12-5-3-2-4-6-12/h2-9H,10,19H2,1H3,(H,20,21). The maximum absolute atomic E-state index is 12.4. The fraction of sp³-hybridized carbons (Fsp3) is 0.111. The van der Waals surface area contributed by atoms with Gasteiger partial charge in [0, 0.05) is 11.5 Å². The van der Waals surface area contributed by atoms with Crippen molar-refractivity contribution in [3.8, 4) is 16.9 Å². The number of aryl methyl sites for hydroxylation is 1. The van der Waals surface area contributed by atoms with E-state index in [0.717, 1.165) is 16.5 Å². The summed E-state index contributed by atoms with van der Waals surface area (Å²) in [7, 11) is 0. The molecule has 3 N–H and O–H groups in total. The van der Waals surface area contributed by atoms with E-state index in [0.29, 0.717) is 16.9 Å². The molecule has 6 heteroatoms. The van der Waals surface area contributed by atoms with Crippen LogP contribution in [-0.2, 0) is 4.79 Å². The molecule has 1 amide bonds. The van der Waals surface area contributed by atoms with Crippen molar-refractivity contribution < 1.29 is 13.9 Å². The van der Waals surface area contributed by atoms with Crippen LogP contribution < -0.4 is 21.6 Å². The average molecular weight is 324 g/mol. The molecule has 0 unspecified atom stereocenters. The van der Waals surface area contributed by atoms with Gasteiger partial charge in [-0.1, -0.05) is 30.3 Å². The zero-order valence-electron chi connectivity index (χ0n) is 13.0. The summed E-state index contributed by atoms with van der Waals surface area (Å²) in [5.74, 6) is 4.96. The summed E-state index contributed by atoms with van der Waals surface area (Å²) in [6.07, 6.45) is 0. The molecular weight excluding hydrogens is 308 g/mol. The SMILES string of the molecule is Cc1c(-c2ccccc2)c(=O)oc2cc(OCC(=O)NN)ccc12. The molecule has 0 radical (unpaired) electrons. The van der Waals surface area contributed by atoms with Crippen molar-refractivity contribution in [3.05, 3.63) is 64.5 Å². The molecule has 1 heterocycles. The molecule has 0 aliphatic rings. The number of nitrogens with one attached hydrogen (secondary N) is 1. The minimum absolute atomic E-state index is 0.215. The Kier molecular flexibility index (Phi) is 4.31. The summed E-state index contributed by atoms with van der Waals surface area (Å²) in [5, 5.41) is 0.809. The number of nitrogens with two attached hydrogens (primary N) is 1. The fourth-order valence-corrected chi connectivity index (χ4v) is 2.56. The summed E-state index contributed by atoms with van der Waals surface area (Å²) in [6, 6.07) is 14.5. The maximum Gasteiger partial charge on any atom is 0.344 e. The Bertz CT molecular complexity index is 948. The molecular formula is C18H16N2O4. The van der Waals surface area contributed by atoms with Crippen molar-refractivity contribution in [2.24, 2.45) is 5.84 Å². The highest BCUT2D eigenvalue weighted by atomic mass is 16.5. The van der Waals surface area contributed by atoms with Crippen LogP contribution in [-0.4, -0.2) is 12.5 Å². The first-order chi connectivity index (χ1) is 11.6. The second-order valence-corrected chi connectivity index (χ2v) is 5.27. The summed E-state index contributed by atoms with van der Waals surface area (Å²) in [5.41, 5.74) is 4.15. The zero-order chi connectivity index (χ0) is 17.1. The second kappa shape index (κ2) is 6.55. The Morgan fingerprint density at radius 3 is 2.67 bits per heavy atom. The van der Waals surface area contributed by atoms with Crippen molar-refractivity contribution in [2.75, 3.05) is 6.61 Å². The molecule has 0 aliphatic carbocycles. The first-order valence-electron chi connectivity index (χ1n) is 7.35. The van der Waals surface area contributed by atoms with Crippen LogP contribution in [0.3, 0.4) is 0 Å². The molecule has 0 spiro atoms. The number of hydrogen-bond donors (Lipinski definition) is 2. The molecule has 6 nitrogen and oxygen atoms in total. The molecule has 0 fully saturated rings. The highest BCUT2D eigenvalue weighted by molar-refractivity contribution is 5.87. The number of amides is 1. The largest absolute Gasteiger partial charge is 0.484 e. The van der Waals surface area contributed by atoms with Gasteiger partial charge < -0.3 is 9.15 Å².